The summed E-state index contributed by atoms with van der Waals surface area (Å²) in [4.78, 5) is 3.88. The van der Waals surface area contributed by atoms with E-state index in [-0.39, 0.29) is 5.96 Å². The second-order valence-corrected chi connectivity index (χ2v) is 4.19. The number of nitrogens with one attached hydrogen (secondary N) is 2. The molecule has 0 saturated heterocycles. The van der Waals surface area contributed by atoms with Gasteiger partial charge in [-0.25, -0.2) is 8.78 Å². The third kappa shape index (κ3) is 7.45. The first kappa shape index (κ1) is 17.2. The van der Waals surface area contributed by atoms with E-state index in [9.17, 15) is 8.78 Å². The van der Waals surface area contributed by atoms with Gasteiger partial charge < -0.3 is 20.1 Å². The van der Waals surface area contributed by atoms with Gasteiger partial charge >= 0.3 is 0 Å². The maximum atomic E-state index is 12.2. The summed E-state index contributed by atoms with van der Waals surface area (Å²) >= 11 is 0. The van der Waals surface area contributed by atoms with Crippen LogP contribution in [0.15, 0.2) is 29.3 Å². The lowest BCUT2D eigenvalue weighted by atomic mass is 10.3. The van der Waals surface area contributed by atoms with Crippen LogP contribution in [0.5, 0.6) is 5.75 Å². The van der Waals surface area contributed by atoms with Crippen LogP contribution in [0.1, 0.15) is 6.42 Å². The van der Waals surface area contributed by atoms with E-state index in [1.807, 2.05) is 12.1 Å². The van der Waals surface area contributed by atoms with E-state index in [0.29, 0.717) is 24.7 Å². The van der Waals surface area contributed by atoms with Crippen LogP contribution >= 0.6 is 0 Å². The fraction of sp³-hybridized carbons (Fsp3) is 0.500. The Hall–Kier alpha value is -1.89. The van der Waals surface area contributed by atoms with Gasteiger partial charge in [0.25, 0.3) is 6.43 Å². The highest BCUT2D eigenvalue weighted by atomic mass is 19.3. The quantitative estimate of drug-likeness (QED) is 0.440. The van der Waals surface area contributed by atoms with Crippen LogP contribution < -0.4 is 15.4 Å². The van der Waals surface area contributed by atoms with Crippen molar-refractivity contribution in [1.29, 1.82) is 0 Å². The Kier molecular flexibility index (Phi) is 8.11. The Morgan fingerprint density at radius 1 is 1.33 bits per heavy atom. The average Bonchev–Trinajstić information content (AvgIpc) is 2.48. The van der Waals surface area contributed by atoms with Crippen LogP contribution in [-0.2, 0) is 4.74 Å². The highest BCUT2D eigenvalue weighted by Crippen LogP contribution is 2.17. The van der Waals surface area contributed by atoms with Gasteiger partial charge in [-0.1, -0.05) is 6.07 Å². The lowest BCUT2D eigenvalue weighted by Gasteiger charge is -2.12. The number of guanidine groups is 1. The number of ether oxygens (including phenoxy) is 2. The van der Waals surface area contributed by atoms with Crippen LogP contribution in [0, 0.1) is 0 Å². The van der Waals surface area contributed by atoms with E-state index in [4.69, 9.17) is 9.47 Å². The third-order valence-corrected chi connectivity index (χ3v) is 2.51. The summed E-state index contributed by atoms with van der Waals surface area (Å²) in [6.07, 6.45) is -1.63. The first-order valence-electron chi connectivity index (χ1n) is 6.63. The molecule has 0 spiro atoms. The predicted molar refractivity (Wildman–Crippen MR) is 79.4 cm³/mol. The summed E-state index contributed by atoms with van der Waals surface area (Å²) in [5.41, 5.74) is 0.710. The van der Waals surface area contributed by atoms with Crippen molar-refractivity contribution < 1.29 is 18.3 Å². The summed E-state index contributed by atoms with van der Waals surface area (Å²) in [5.74, 6) is 0.979. The van der Waals surface area contributed by atoms with Crippen LogP contribution in [0.25, 0.3) is 0 Å². The molecule has 5 nitrogen and oxygen atoms in total. The molecule has 0 aromatic heterocycles. The van der Waals surface area contributed by atoms with Crippen LogP contribution in [-0.4, -0.2) is 46.3 Å². The molecule has 0 fully saturated rings. The number of anilines is 1. The number of nitrogens with zero attached hydrogens (tertiary/aromatic N) is 1. The Morgan fingerprint density at radius 3 is 2.81 bits per heavy atom. The summed E-state index contributed by atoms with van der Waals surface area (Å²) in [5, 5.41) is 5.46. The van der Waals surface area contributed by atoms with E-state index in [1.165, 1.54) is 7.05 Å². The van der Waals surface area contributed by atoms with Gasteiger partial charge in [0.2, 0.25) is 0 Å². The molecule has 2 N–H and O–H groups in total. The van der Waals surface area contributed by atoms with Crippen molar-refractivity contribution in [3.05, 3.63) is 24.3 Å². The number of methoxy groups -OCH3 is 1. The van der Waals surface area contributed by atoms with Crippen molar-refractivity contribution in [2.45, 2.75) is 12.8 Å². The molecule has 0 atom stereocenters. The number of aliphatic imine (C=N–C) groups is 1. The van der Waals surface area contributed by atoms with Crippen LogP contribution in [0.3, 0.4) is 0 Å². The summed E-state index contributed by atoms with van der Waals surface area (Å²) in [6.45, 7) is 0.741. The number of hydrogen-bond acceptors (Lipinski definition) is 3. The first-order valence-corrected chi connectivity index (χ1v) is 6.63. The molecule has 0 bridgehead atoms. The number of benzene rings is 1. The monoisotopic (exact) mass is 301 g/mol. The normalized spacial score (nSPS) is 11.6. The van der Waals surface area contributed by atoms with Crippen molar-refractivity contribution in [2.24, 2.45) is 4.99 Å². The van der Waals surface area contributed by atoms with Crippen molar-refractivity contribution in [3.8, 4) is 5.75 Å². The van der Waals surface area contributed by atoms with Crippen molar-refractivity contribution in [3.63, 3.8) is 0 Å². The molecule has 1 aromatic carbocycles. The minimum Gasteiger partial charge on any atom is -0.493 e. The zero-order chi connectivity index (χ0) is 15.5. The number of alkyl halides is 2. The Balaban J connectivity index is 2.50. The fourth-order valence-electron chi connectivity index (χ4n) is 1.55. The molecule has 21 heavy (non-hydrogen) atoms. The smallest absolute Gasteiger partial charge is 0.255 e. The third-order valence-electron chi connectivity index (χ3n) is 2.51. The molecule has 0 aliphatic heterocycles. The van der Waals surface area contributed by atoms with Gasteiger partial charge in [-0.05, 0) is 12.1 Å². The van der Waals surface area contributed by atoms with Crippen molar-refractivity contribution in [2.75, 3.05) is 39.2 Å². The standard InChI is InChI=1S/C14H21F2N3O2/c1-17-14(18-10-13(15)16)19-11-5-3-6-12(9-11)21-8-4-7-20-2/h3,5-6,9,13H,4,7-8,10H2,1-2H3,(H2,17,18,19). The van der Waals surface area contributed by atoms with Gasteiger partial charge in [0.15, 0.2) is 5.96 Å². The Labute approximate surface area is 123 Å². The van der Waals surface area contributed by atoms with Crippen molar-refractivity contribution in [1.82, 2.24) is 5.32 Å². The molecule has 0 amide bonds. The molecule has 7 heteroatoms. The molecule has 1 rings (SSSR count). The molecule has 0 unspecified atom stereocenters. The molecule has 1 aromatic rings. The summed E-state index contributed by atoms with van der Waals surface area (Å²) in [7, 11) is 3.16. The van der Waals surface area contributed by atoms with Crippen LogP contribution in [0.2, 0.25) is 0 Å². The highest BCUT2D eigenvalue weighted by Gasteiger charge is 2.05. The van der Waals surface area contributed by atoms with Crippen molar-refractivity contribution >= 4 is 11.6 Å². The van der Waals surface area contributed by atoms with E-state index < -0.39 is 13.0 Å². The molecule has 118 valence electrons. The largest absolute Gasteiger partial charge is 0.493 e. The van der Waals surface area contributed by atoms with E-state index in [0.717, 1.165) is 6.42 Å². The maximum Gasteiger partial charge on any atom is 0.255 e. The highest BCUT2D eigenvalue weighted by molar-refractivity contribution is 5.93. The number of hydrogen-bond donors (Lipinski definition) is 2. The number of rotatable bonds is 8. The Bertz CT molecular complexity index is 442. The lowest BCUT2D eigenvalue weighted by Crippen LogP contribution is -2.34. The fourth-order valence-corrected chi connectivity index (χ4v) is 1.55. The lowest BCUT2D eigenvalue weighted by molar-refractivity contribution is 0.152. The van der Waals surface area contributed by atoms with Gasteiger partial charge in [-0.2, -0.15) is 0 Å². The topological polar surface area (TPSA) is 54.9 Å². The van der Waals surface area contributed by atoms with E-state index in [1.54, 1.807) is 19.2 Å². The minimum absolute atomic E-state index is 0.284. The summed E-state index contributed by atoms with van der Waals surface area (Å²) in [6, 6.07) is 7.22. The van der Waals surface area contributed by atoms with Crippen LogP contribution in [0.4, 0.5) is 14.5 Å². The predicted octanol–water partition coefficient (Wildman–Crippen LogP) is 2.35. The molecule has 0 heterocycles. The minimum atomic E-state index is -2.43. The SMILES string of the molecule is CN=C(NCC(F)F)Nc1cccc(OCCCOC)c1. The van der Waals surface area contributed by atoms with Gasteiger partial charge in [-0.3, -0.25) is 4.99 Å². The molecule has 0 radical (unpaired) electrons. The Morgan fingerprint density at radius 2 is 2.14 bits per heavy atom. The molecular weight excluding hydrogens is 280 g/mol. The van der Waals surface area contributed by atoms with Gasteiger partial charge in [0.1, 0.15) is 5.75 Å². The second kappa shape index (κ2) is 9.93. The summed E-state index contributed by atoms with van der Waals surface area (Å²) < 4.78 is 34.8. The molecular formula is C14H21F2N3O2. The molecule has 0 aliphatic rings. The van der Waals surface area contributed by atoms with Gasteiger partial charge in [0, 0.05) is 38.9 Å². The maximum absolute atomic E-state index is 12.2. The van der Waals surface area contributed by atoms with Gasteiger partial charge in [-0.15, -0.1) is 0 Å². The molecule has 0 aliphatic carbocycles. The van der Waals surface area contributed by atoms with Gasteiger partial charge in [0.05, 0.1) is 13.2 Å². The average molecular weight is 301 g/mol. The van der Waals surface area contributed by atoms with E-state index >= 15 is 0 Å². The first-order chi connectivity index (χ1) is 10.2. The zero-order valence-electron chi connectivity index (χ0n) is 12.2. The molecule has 0 saturated carbocycles. The van der Waals surface area contributed by atoms with E-state index in [2.05, 4.69) is 15.6 Å². The number of halogens is 2. The second-order valence-electron chi connectivity index (χ2n) is 4.19. The zero-order valence-corrected chi connectivity index (χ0v) is 12.2.